The third-order valence-corrected chi connectivity index (χ3v) is 3.47. The largest absolute Gasteiger partial charge is 0.320 e. The van der Waals surface area contributed by atoms with Crippen molar-refractivity contribution in [2.75, 3.05) is 0 Å². The molecule has 0 radical (unpaired) electrons. The maximum atomic E-state index is 13.6. The summed E-state index contributed by atoms with van der Waals surface area (Å²) in [6, 6.07) is 10.1. The van der Waals surface area contributed by atoms with E-state index in [0.717, 1.165) is 5.56 Å². The third-order valence-electron chi connectivity index (χ3n) is 2.54. The zero-order chi connectivity index (χ0) is 12.4. The summed E-state index contributed by atoms with van der Waals surface area (Å²) in [7, 11) is 0. The van der Waals surface area contributed by atoms with E-state index in [-0.39, 0.29) is 11.6 Å². The van der Waals surface area contributed by atoms with Crippen molar-refractivity contribution in [1.29, 1.82) is 0 Å². The quantitative estimate of drug-likeness (QED) is 0.827. The molecule has 2 N–H and O–H groups in total. The Hall–Kier alpha value is -1.01. The summed E-state index contributed by atoms with van der Waals surface area (Å²) in [5.74, 6) is -0.668. The molecule has 0 fully saturated rings. The van der Waals surface area contributed by atoms with Gasteiger partial charge in [0.15, 0.2) is 0 Å². The Morgan fingerprint density at radius 2 is 1.71 bits per heavy atom. The molecule has 2 aromatic rings. The summed E-state index contributed by atoms with van der Waals surface area (Å²) >= 11 is 2.00. The van der Waals surface area contributed by atoms with E-state index in [1.54, 1.807) is 24.3 Å². The minimum atomic E-state index is -0.580. The molecule has 0 heterocycles. The zero-order valence-corrected chi connectivity index (χ0v) is 11.0. The lowest BCUT2D eigenvalue weighted by atomic mass is 9.99. The van der Waals surface area contributed by atoms with Crippen molar-refractivity contribution in [3.63, 3.8) is 0 Å². The molecule has 0 spiro atoms. The lowest BCUT2D eigenvalue weighted by Crippen LogP contribution is -2.15. The Kier molecular flexibility index (Phi) is 3.73. The fourth-order valence-corrected chi connectivity index (χ4v) is 2.46. The van der Waals surface area contributed by atoms with Crippen molar-refractivity contribution in [1.82, 2.24) is 0 Å². The van der Waals surface area contributed by atoms with Crippen LogP contribution < -0.4 is 5.73 Å². The number of hydrogen-bond donors (Lipinski definition) is 1. The van der Waals surface area contributed by atoms with Crippen molar-refractivity contribution < 1.29 is 8.78 Å². The molecular formula is C13H10F2IN. The van der Waals surface area contributed by atoms with Gasteiger partial charge in [-0.05, 0) is 46.4 Å². The first-order chi connectivity index (χ1) is 8.09. The van der Waals surface area contributed by atoms with E-state index < -0.39 is 6.04 Å². The minimum absolute atomic E-state index is 0.320. The van der Waals surface area contributed by atoms with Crippen LogP contribution >= 0.6 is 22.6 Å². The fourth-order valence-electron chi connectivity index (χ4n) is 1.65. The van der Waals surface area contributed by atoms with Crippen molar-refractivity contribution in [2.24, 2.45) is 5.73 Å². The standard InChI is InChI=1S/C13H10F2IN/c14-8-5-6-10(12(16)7-8)13(17)9-3-1-2-4-11(9)15/h1-7,13H,17H2. The molecule has 1 unspecified atom stereocenters. The molecule has 88 valence electrons. The lowest BCUT2D eigenvalue weighted by molar-refractivity contribution is 0.598. The summed E-state index contributed by atoms with van der Waals surface area (Å²) < 4.78 is 27.2. The molecule has 0 aliphatic rings. The van der Waals surface area contributed by atoms with Gasteiger partial charge in [-0.15, -0.1) is 0 Å². The molecule has 2 rings (SSSR count). The number of nitrogens with two attached hydrogens (primary N) is 1. The van der Waals surface area contributed by atoms with Crippen LogP contribution in [0.25, 0.3) is 0 Å². The topological polar surface area (TPSA) is 26.0 Å². The van der Waals surface area contributed by atoms with Crippen LogP contribution in [0.1, 0.15) is 17.2 Å². The molecular weight excluding hydrogens is 335 g/mol. The Morgan fingerprint density at radius 3 is 2.35 bits per heavy atom. The van der Waals surface area contributed by atoms with E-state index in [9.17, 15) is 8.78 Å². The highest BCUT2D eigenvalue weighted by molar-refractivity contribution is 14.1. The van der Waals surface area contributed by atoms with Crippen LogP contribution in [0, 0.1) is 15.2 Å². The zero-order valence-electron chi connectivity index (χ0n) is 8.83. The summed E-state index contributed by atoms with van der Waals surface area (Å²) in [6.45, 7) is 0. The van der Waals surface area contributed by atoms with Crippen LogP contribution in [-0.4, -0.2) is 0 Å². The Bertz CT molecular complexity index is 543. The lowest BCUT2D eigenvalue weighted by Gasteiger charge is -2.15. The van der Waals surface area contributed by atoms with E-state index in [2.05, 4.69) is 0 Å². The molecule has 4 heteroatoms. The molecule has 1 atom stereocenters. The van der Waals surface area contributed by atoms with E-state index in [0.29, 0.717) is 9.13 Å². The van der Waals surface area contributed by atoms with Gasteiger partial charge in [-0.3, -0.25) is 0 Å². The summed E-state index contributed by atoms with van der Waals surface area (Å²) in [5, 5.41) is 0. The van der Waals surface area contributed by atoms with E-state index in [4.69, 9.17) is 5.73 Å². The first kappa shape index (κ1) is 12.4. The SMILES string of the molecule is NC(c1ccccc1F)c1ccc(F)cc1I. The highest BCUT2D eigenvalue weighted by Crippen LogP contribution is 2.26. The molecule has 0 aromatic heterocycles. The minimum Gasteiger partial charge on any atom is -0.320 e. The van der Waals surface area contributed by atoms with Crippen LogP contribution in [0.3, 0.4) is 0 Å². The van der Waals surface area contributed by atoms with Gasteiger partial charge in [0.1, 0.15) is 11.6 Å². The van der Waals surface area contributed by atoms with E-state index in [1.165, 1.54) is 18.2 Å². The first-order valence-electron chi connectivity index (χ1n) is 5.04. The molecule has 0 aliphatic carbocycles. The average Bonchev–Trinajstić information content (AvgIpc) is 2.29. The van der Waals surface area contributed by atoms with Gasteiger partial charge in [0.05, 0.1) is 6.04 Å². The van der Waals surface area contributed by atoms with Gasteiger partial charge in [0.2, 0.25) is 0 Å². The van der Waals surface area contributed by atoms with Crippen molar-refractivity contribution >= 4 is 22.6 Å². The number of rotatable bonds is 2. The van der Waals surface area contributed by atoms with Crippen molar-refractivity contribution in [3.05, 3.63) is 68.8 Å². The Balaban J connectivity index is 2.44. The summed E-state index contributed by atoms with van der Waals surface area (Å²) in [4.78, 5) is 0. The molecule has 0 saturated carbocycles. The monoisotopic (exact) mass is 345 g/mol. The number of halogens is 3. The maximum Gasteiger partial charge on any atom is 0.128 e. The van der Waals surface area contributed by atoms with Crippen molar-refractivity contribution in [2.45, 2.75) is 6.04 Å². The van der Waals surface area contributed by atoms with E-state index in [1.807, 2.05) is 22.6 Å². The van der Waals surface area contributed by atoms with Gasteiger partial charge in [-0.1, -0.05) is 24.3 Å². The maximum absolute atomic E-state index is 13.6. The Labute approximate surface area is 112 Å². The second kappa shape index (κ2) is 5.10. The molecule has 0 bridgehead atoms. The number of hydrogen-bond acceptors (Lipinski definition) is 1. The van der Waals surface area contributed by atoms with Crippen LogP contribution in [0.15, 0.2) is 42.5 Å². The second-order valence-electron chi connectivity index (χ2n) is 3.67. The second-order valence-corrected chi connectivity index (χ2v) is 4.83. The molecule has 0 saturated heterocycles. The molecule has 0 aliphatic heterocycles. The molecule has 1 nitrogen and oxygen atoms in total. The summed E-state index contributed by atoms with van der Waals surface area (Å²) in [5.41, 5.74) is 7.13. The summed E-state index contributed by atoms with van der Waals surface area (Å²) in [6.07, 6.45) is 0. The normalized spacial score (nSPS) is 12.5. The molecule has 0 amide bonds. The molecule has 2 aromatic carbocycles. The smallest absolute Gasteiger partial charge is 0.128 e. The fraction of sp³-hybridized carbons (Fsp3) is 0.0769. The number of benzene rings is 2. The Morgan fingerprint density at radius 1 is 1.00 bits per heavy atom. The van der Waals surface area contributed by atoms with Crippen LogP contribution in [0.5, 0.6) is 0 Å². The highest BCUT2D eigenvalue weighted by atomic mass is 127. The van der Waals surface area contributed by atoms with Crippen molar-refractivity contribution in [3.8, 4) is 0 Å². The average molecular weight is 345 g/mol. The van der Waals surface area contributed by atoms with Gasteiger partial charge in [-0.2, -0.15) is 0 Å². The third kappa shape index (κ3) is 2.63. The van der Waals surface area contributed by atoms with Gasteiger partial charge in [0.25, 0.3) is 0 Å². The van der Waals surface area contributed by atoms with Gasteiger partial charge >= 0.3 is 0 Å². The van der Waals surface area contributed by atoms with E-state index >= 15 is 0 Å². The van der Waals surface area contributed by atoms with Gasteiger partial charge in [0, 0.05) is 9.13 Å². The predicted molar refractivity (Wildman–Crippen MR) is 71.5 cm³/mol. The van der Waals surface area contributed by atoms with Gasteiger partial charge < -0.3 is 5.73 Å². The molecule has 17 heavy (non-hydrogen) atoms. The predicted octanol–water partition coefficient (Wildman–Crippen LogP) is 3.62. The van der Waals surface area contributed by atoms with Crippen LogP contribution in [-0.2, 0) is 0 Å². The highest BCUT2D eigenvalue weighted by Gasteiger charge is 2.15. The van der Waals surface area contributed by atoms with Gasteiger partial charge in [-0.25, -0.2) is 8.78 Å². The van der Waals surface area contributed by atoms with Crippen LogP contribution in [0.4, 0.5) is 8.78 Å². The van der Waals surface area contributed by atoms with Crippen LogP contribution in [0.2, 0.25) is 0 Å². The first-order valence-corrected chi connectivity index (χ1v) is 6.12.